The Morgan fingerprint density at radius 3 is 2.22 bits per heavy atom. The Bertz CT molecular complexity index is 1160. The van der Waals surface area contributed by atoms with Gasteiger partial charge >= 0.3 is 0 Å². The topological polar surface area (TPSA) is 49.4 Å². The average Bonchev–Trinajstić information content (AvgIpc) is 2.91. The smallest absolute Gasteiger partial charge is 0.247 e. The molecule has 1 N–H and O–H groups in total. The number of carbonyl (C=O) groups excluding carboxylic acids is 2. The van der Waals surface area contributed by atoms with Crippen molar-refractivity contribution in [3.8, 4) is 0 Å². The Hall–Kier alpha value is -3.37. The molecule has 186 valence electrons. The molecule has 1 atom stereocenters. The van der Waals surface area contributed by atoms with Gasteiger partial charge in [-0.25, -0.2) is 0 Å². The molecule has 0 unspecified atom stereocenters. The summed E-state index contributed by atoms with van der Waals surface area (Å²) in [5, 5.41) is 3.76. The van der Waals surface area contributed by atoms with Crippen molar-refractivity contribution in [2.75, 3.05) is 6.54 Å². The van der Waals surface area contributed by atoms with Crippen molar-refractivity contribution in [1.82, 2.24) is 10.2 Å². The highest BCUT2D eigenvalue weighted by molar-refractivity contribution is 6.30. The molecule has 1 aliphatic rings. The minimum atomic E-state index is -0.730. The normalized spacial score (nSPS) is 14.0. The number of rotatable bonds is 10. The van der Waals surface area contributed by atoms with Crippen LogP contribution in [0, 0.1) is 0 Å². The molecule has 0 fully saturated rings. The lowest BCUT2D eigenvalue weighted by Crippen LogP contribution is -2.44. The van der Waals surface area contributed by atoms with Crippen molar-refractivity contribution in [1.29, 1.82) is 0 Å². The molecular formula is C31H33ClN2O2. The molecule has 1 aliphatic carbocycles. The highest BCUT2D eigenvalue weighted by atomic mass is 35.5. The summed E-state index contributed by atoms with van der Waals surface area (Å²) < 4.78 is 0. The third kappa shape index (κ3) is 7.32. The molecule has 2 amide bonds. The van der Waals surface area contributed by atoms with E-state index in [0.29, 0.717) is 18.1 Å². The monoisotopic (exact) mass is 500 g/mol. The van der Waals surface area contributed by atoms with Crippen molar-refractivity contribution in [2.45, 2.75) is 51.1 Å². The van der Waals surface area contributed by atoms with Crippen molar-refractivity contribution in [3.05, 3.63) is 118 Å². The summed E-state index contributed by atoms with van der Waals surface area (Å²) in [5.41, 5.74) is 4.05. The number of carbonyl (C=O) groups is 2. The zero-order chi connectivity index (χ0) is 25.2. The molecular weight excluding hydrogens is 468 g/mol. The Balaban J connectivity index is 1.59. The number of nitrogens with zero attached hydrogens (tertiary/aromatic N) is 1. The van der Waals surface area contributed by atoms with Crippen molar-refractivity contribution < 1.29 is 9.59 Å². The van der Waals surface area contributed by atoms with E-state index in [0.717, 1.165) is 36.0 Å². The first-order valence-corrected chi connectivity index (χ1v) is 13.1. The number of hydrogen-bond acceptors (Lipinski definition) is 2. The van der Waals surface area contributed by atoms with Crippen LogP contribution >= 0.6 is 11.6 Å². The summed E-state index contributed by atoms with van der Waals surface area (Å²) in [6, 6.07) is 26.0. The van der Waals surface area contributed by atoms with E-state index in [9.17, 15) is 9.59 Å². The summed E-state index contributed by atoms with van der Waals surface area (Å²) in [6.07, 6.45) is 8.05. The Morgan fingerprint density at radius 1 is 0.861 bits per heavy atom. The van der Waals surface area contributed by atoms with Crippen LogP contribution in [0.5, 0.6) is 0 Å². The van der Waals surface area contributed by atoms with Crippen LogP contribution in [0.2, 0.25) is 5.02 Å². The fraction of sp³-hybridized carbons (Fsp3) is 0.290. The molecule has 3 aromatic rings. The van der Waals surface area contributed by atoms with Gasteiger partial charge in [0.2, 0.25) is 11.8 Å². The second kappa shape index (κ2) is 13.1. The molecule has 0 saturated heterocycles. The fourth-order valence-electron chi connectivity index (χ4n) is 4.66. The SMILES string of the molecule is O=C(NCCC1=CCCCC1)[C@@H](c1ccccc1)N(Cc1ccccc1)C(=O)Cc1ccc(Cl)cc1. The molecule has 4 rings (SSSR count). The third-order valence-corrected chi connectivity index (χ3v) is 6.84. The standard InChI is InChI=1S/C31H33ClN2O2/c32-28-18-16-25(17-19-28)22-29(35)34(23-26-12-6-2-7-13-26)30(27-14-8-3-9-15-27)31(36)33-21-20-24-10-4-1-5-11-24/h2-3,6-10,12-19,30H,1,4-5,11,20-23H2,(H,33,36)/t30-/m1/s1. The van der Waals surface area contributed by atoms with E-state index in [4.69, 9.17) is 11.6 Å². The molecule has 0 spiro atoms. The van der Waals surface area contributed by atoms with Gasteiger partial charge in [0, 0.05) is 18.1 Å². The Kier molecular flexibility index (Phi) is 9.34. The van der Waals surface area contributed by atoms with E-state index in [1.807, 2.05) is 72.8 Å². The second-order valence-corrected chi connectivity index (χ2v) is 9.71. The first-order chi connectivity index (χ1) is 17.6. The largest absolute Gasteiger partial charge is 0.354 e. The van der Waals surface area contributed by atoms with Crippen LogP contribution in [0.1, 0.15) is 54.8 Å². The van der Waals surface area contributed by atoms with Gasteiger partial charge in [-0.3, -0.25) is 9.59 Å². The fourth-order valence-corrected chi connectivity index (χ4v) is 4.79. The van der Waals surface area contributed by atoms with E-state index in [-0.39, 0.29) is 18.2 Å². The van der Waals surface area contributed by atoms with Gasteiger partial charge in [0.25, 0.3) is 0 Å². The van der Waals surface area contributed by atoms with Crippen LogP contribution in [-0.4, -0.2) is 23.3 Å². The van der Waals surface area contributed by atoms with E-state index in [1.165, 1.54) is 18.4 Å². The van der Waals surface area contributed by atoms with Crippen molar-refractivity contribution in [3.63, 3.8) is 0 Å². The quantitative estimate of drug-likeness (QED) is 0.316. The number of hydrogen-bond donors (Lipinski definition) is 1. The highest BCUT2D eigenvalue weighted by Crippen LogP contribution is 2.26. The van der Waals surface area contributed by atoms with Gasteiger partial charge in [0.05, 0.1) is 6.42 Å². The summed E-state index contributed by atoms with van der Waals surface area (Å²) in [6.45, 7) is 0.907. The first-order valence-electron chi connectivity index (χ1n) is 12.7. The third-order valence-electron chi connectivity index (χ3n) is 6.59. The number of benzene rings is 3. The molecule has 4 nitrogen and oxygen atoms in total. The number of amides is 2. The lowest BCUT2D eigenvalue weighted by Gasteiger charge is -2.32. The van der Waals surface area contributed by atoms with Crippen LogP contribution in [0.4, 0.5) is 0 Å². The zero-order valence-corrected chi connectivity index (χ0v) is 21.3. The minimum absolute atomic E-state index is 0.111. The van der Waals surface area contributed by atoms with Crippen LogP contribution in [0.3, 0.4) is 0 Å². The second-order valence-electron chi connectivity index (χ2n) is 9.27. The molecule has 5 heteroatoms. The molecule has 0 aliphatic heterocycles. The summed E-state index contributed by atoms with van der Waals surface area (Å²) in [5.74, 6) is -0.266. The van der Waals surface area contributed by atoms with Gasteiger partial charge in [-0.2, -0.15) is 0 Å². The van der Waals surface area contributed by atoms with E-state index >= 15 is 0 Å². The molecule has 0 saturated carbocycles. The Labute approximate surface area is 219 Å². The van der Waals surface area contributed by atoms with Gasteiger partial charge in [-0.15, -0.1) is 0 Å². The maximum Gasteiger partial charge on any atom is 0.247 e. The van der Waals surface area contributed by atoms with E-state index < -0.39 is 6.04 Å². The van der Waals surface area contributed by atoms with Crippen molar-refractivity contribution >= 4 is 23.4 Å². The summed E-state index contributed by atoms with van der Waals surface area (Å²) >= 11 is 6.04. The van der Waals surface area contributed by atoms with Gasteiger partial charge < -0.3 is 10.2 Å². The zero-order valence-electron chi connectivity index (χ0n) is 20.5. The Morgan fingerprint density at radius 2 is 1.56 bits per heavy atom. The summed E-state index contributed by atoms with van der Waals surface area (Å²) in [4.78, 5) is 29.1. The lowest BCUT2D eigenvalue weighted by molar-refractivity contribution is -0.141. The molecule has 0 radical (unpaired) electrons. The minimum Gasteiger partial charge on any atom is -0.354 e. The number of halogens is 1. The molecule has 36 heavy (non-hydrogen) atoms. The van der Waals surface area contributed by atoms with Gasteiger partial charge in [-0.1, -0.05) is 96.0 Å². The maximum absolute atomic E-state index is 13.7. The van der Waals surface area contributed by atoms with Crippen LogP contribution in [0.15, 0.2) is 96.6 Å². The van der Waals surface area contributed by atoms with E-state index in [2.05, 4.69) is 11.4 Å². The van der Waals surface area contributed by atoms with Gasteiger partial charge in [0.15, 0.2) is 0 Å². The first kappa shape index (κ1) is 25.7. The van der Waals surface area contributed by atoms with E-state index in [1.54, 1.807) is 17.0 Å². The average molecular weight is 501 g/mol. The molecule has 0 bridgehead atoms. The van der Waals surface area contributed by atoms with Gasteiger partial charge in [-0.05, 0) is 60.9 Å². The summed E-state index contributed by atoms with van der Waals surface area (Å²) in [7, 11) is 0. The van der Waals surface area contributed by atoms with Crippen LogP contribution in [0.25, 0.3) is 0 Å². The lowest BCUT2D eigenvalue weighted by atomic mass is 9.97. The van der Waals surface area contributed by atoms with Crippen LogP contribution < -0.4 is 5.32 Å². The molecule has 0 aromatic heterocycles. The molecule has 3 aromatic carbocycles. The van der Waals surface area contributed by atoms with Gasteiger partial charge in [0.1, 0.15) is 6.04 Å². The number of allylic oxidation sites excluding steroid dienone is 1. The predicted molar refractivity (Wildman–Crippen MR) is 146 cm³/mol. The van der Waals surface area contributed by atoms with Crippen LogP contribution in [-0.2, 0) is 22.6 Å². The maximum atomic E-state index is 13.7. The molecule has 0 heterocycles. The highest BCUT2D eigenvalue weighted by Gasteiger charge is 2.31. The predicted octanol–water partition coefficient (Wildman–Crippen LogP) is 6.66. The van der Waals surface area contributed by atoms with Crippen molar-refractivity contribution in [2.24, 2.45) is 0 Å². The number of nitrogens with one attached hydrogen (secondary N) is 1.